The summed E-state index contributed by atoms with van der Waals surface area (Å²) in [6, 6.07) is 13.8. The summed E-state index contributed by atoms with van der Waals surface area (Å²) in [5.74, 6) is -0.670. The Balaban J connectivity index is 1.78. The molecule has 4 nitrogen and oxygen atoms in total. The van der Waals surface area contributed by atoms with E-state index in [4.69, 9.17) is 0 Å². The quantitative estimate of drug-likeness (QED) is 0.530. The number of Topliss-reactive ketones (excluding diaryl/α,β-unsaturated/α-hetero) is 1. The molecular weight excluding hydrogens is 313 g/mol. The number of halogens is 1. The number of thioether (sulfide) groups is 1. The average molecular weight is 327 g/mol. The van der Waals surface area contributed by atoms with Crippen LogP contribution in [0, 0.1) is 12.7 Å². The number of benzene rings is 2. The van der Waals surface area contributed by atoms with Gasteiger partial charge in [0, 0.05) is 0 Å². The largest absolute Gasteiger partial charge is 0.293 e. The van der Waals surface area contributed by atoms with Crippen LogP contribution in [0.15, 0.2) is 60.0 Å². The second-order valence-corrected chi connectivity index (χ2v) is 5.90. The van der Waals surface area contributed by atoms with Gasteiger partial charge in [0.15, 0.2) is 10.9 Å². The van der Waals surface area contributed by atoms with E-state index in [9.17, 15) is 9.18 Å². The van der Waals surface area contributed by atoms with Crippen LogP contribution in [0.1, 0.15) is 15.9 Å². The van der Waals surface area contributed by atoms with E-state index in [-0.39, 0.29) is 17.1 Å². The smallest absolute Gasteiger partial charge is 0.196 e. The summed E-state index contributed by atoms with van der Waals surface area (Å²) in [5, 5.41) is 8.57. The van der Waals surface area contributed by atoms with E-state index in [2.05, 4.69) is 10.2 Å². The normalized spacial score (nSPS) is 10.7. The number of ketones is 1. The first-order valence-electron chi connectivity index (χ1n) is 7.03. The van der Waals surface area contributed by atoms with Crippen LogP contribution in [-0.2, 0) is 0 Å². The highest BCUT2D eigenvalue weighted by Gasteiger charge is 2.14. The highest BCUT2D eigenvalue weighted by Crippen LogP contribution is 2.22. The van der Waals surface area contributed by atoms with Crippen LogP contribution in [0.3, 0.4) is 0 Å². The van der Waals surface area contributed by atoms with Crippen molar-refractivity contribution in [2.24, 2.45) is 0 Å². The molecule has 23 heavy (non-hydrogen) atoms. The zero-order valence-electron chi connectivity index (χ0n) is 12.4. The van der Waals surface area contributed by atoms with Gasteiger partial charge in [-0.2, -0.15) is 0 Å². The molecule has 0 fully saturated rings. The Morgan fingerprint density at radius 3 is 2.70 bits per heavy atom. The molecule has 0 bridgehead atoms. The average Bonchev–Trinajstić information content (AvgIpc) is 3.02. The minimum absolute atomic E-state index is 0.0990. The van der Waals surface area contributed by atoms with Crippen molar-refractivity contribution < 1.29 is 9.18 Å². The minimum atomic E-state index is -0.501. The summed E-state index contributed by atoms with van der Waals surface area (Å²) in [6.07, 6.45) is 1.61. The predicted octanol–water partition coefficient (Wildman–Crippen LogP) is 3.69. The van der Waals surface area contributed by atoms with Crippen molar-refractivity contribution >= 4 is 17.5 Å². The fourth-order valence-electron chi connectivity index (χ4n) is 2.22. The lowest BCUT2D eigenvalue weighted by Crippen LogP contribution is -2.06. The fourth-order valence-corrected chi connectivity index (χ4v) is 3.02. The lowest BCUT2D eigenvalue weighted by Gasteiger charge is -2.08. The summed E-state index contributed by atoms with van der Waals surface area (Å²) in [4.78, 5) is 12.2. The van der Waals surface area contributed by atoms with Gasteiger partial charge in [0.1, 0.15) is 12.1 Å². The first-order valence-corrected chi connectivity index (χ1v) is 8.02. The number of carbonyl (C=O) groups excluding carboxylic acids is 1. The van der Waals surface area contributed by atoms with Crippen molar-refractivity contribution in [3.05, 3.63) is 71.8 Å². The molecule has 2 aromatic carbocycles. The first kappa shape index (κ1) is 15.4. The number of nitrogens with zero attached hydrogens (tertiary/aromatic N) is 3. The molecule has 0 atom stereocenters. The molecule has 6 heteroatoms. The minimum Gasteiger partial charge on any atom is -0.293 e. The van der Waals surface area contributed by atoms with Crippen molar-refractivity contribution in [2.45, 2.75) is 12.1 Å². The van der Waals surface area contributed by atoms with Crippen molar-refractivity contribution in [3.63, 3.8) is 0 Å². The molecule has 0 aliphatic carbocycles. The zero-order chi connectivity index (χ0) is 16.2. The van der Waals surface area contributed by atoms with Crippen LogP contribution >= 0.6 is 11.8 Å². The monoisotopic (exact) mass is 327 g/mol. The van der Waals surface area contributed by atoms with Crippen LogP contribution in [0.5, 0.6) is 0 Å². The number of hydrogen-bond donors (Lipinski definition) is 0. The Hall–Kier alpha value is -2.47. The van der Waals surface area contributed by atoms with Crippen LogP contribution in [0.2, 0.25) is 0 Å². The second-order valence-electron chi connectivity index (χ2n) is 4.96. The lowest BCUT2D eigenvalue weighted by molar-refractivity contribution is 0.101. The van der Waals surface area contributed by atoms with E-state index in [1.165, 1.54) is 23.9 Å². The highest BCUT2D eigenvalue weighted by molar-refractivity contribution is 7.99. The van der Waals surface area contributed by atoms with E-state index in [0.29, 0.717) is 5.16 Å². The molecule has 1 aromatic heterocycles. The van der Waals surface area contributed by atoms with Gasteiger partial charge in [0.2, 0.25) is 0 Å². The number of para-hydroxylation sites is 1. The molecule has 1 heterocycles. The van der Waals surface area contributed by atoms with Crippen LogP contribution in [0.25, 0.3) is 5.69 Å². The Bertz CT molecular complexity index is 847. The third-order valence-corrected chi connectivity index (χ3v) is 4.34. The van der Waals surface area contributed by atoms with E-state index < -0.39 is 5.82 Å². The standard InChI is InChI=1S/C17H14FN3OS/c1-12-6-2-5-9-15(12)21-11-19-20-17(21)23-10-16(22)13-7-3-4-8-14(13)18/h2-9,11H,10H2,1H3. The zero-order valence-corrected chi connectivity index (χ0v) is 13.3. The molecule has 3 aromatic rings. The SMILES string of the molecule is Cc1ccccc1-n1cnnc1SCC(=O)c1ccccc1F. The van der Waals surface area contributed by atoms with Gasteiger partial charge in [-0.3, -0.25) is 9.36 Å². The van der Waals surface area contributed by atoms with Crippen LogP contribution in [-0.4, -0.2) is 26.3 Å². The Morgan fingerprint density at radius 2 is 1.91 bits per heavy atom. The molecule has 3 rings (SSSR count). The predicted molar refractivity (Wildman–Crippen MR) is 87.6 cm³/mol. The molecule has 0 spiro atoms. The van der Waals surface area contributed by atoms with E-state index in [1.807, 2.05) is 35.8 Å². The molecule has 0 radical (unpaired) electrons. The molecule has 0 saturated heterocycles. The lowest BCUT2D eigenvalue weighted by atomic mass is 10.1. The van der Waals surface area contributed by atoms with Crippen LogP contribution in [0.4, 0.5) is 4.39 Å². The van der Waals surface area contributed by atoms with Gasteiger partial charge >= 0.3 is 0 Å². The molecule has 116 valence electrons. The maximum atomic E-state index is 13.6. The summed E-state index contributed by atoms with van der Waals surface area (Å²) < 4.78 is 15.5. The van der Waals surface area contributed by atoms with Crippen molar-refractivity contribution in [3.8, 4) is 5.69 Å². The van der Waals surface area contributed by atoms with E-state index in [0.717, 1.165) is 11.3 Å². The second kappa shape index (κ2) is 6.75. The number of hydrogen-bond acceptors (Lipinski definition) is 4. The summed E-state index contributed by atoms with van der Waals surface area (Å²) >= 11 is 1.24. The van der Waals surface area contributed by atoms with Gasteiger partial charge in [0.25, 0.3) is 0 Å². The molecular formula is C17H14FN3OS. The first-order chi connectivity index (χ1) is 11.2. The van der Waals surface area contributed by atoms with Crippen molar-refractivity contribution in [1.29, 1.82) is 0 Å². The topological polar surface area (TPSA) is 47.8 Å². The number of aryl methyl sites for hydroxylation is 1. The van der Waals surface area contributed by atoms with Crippen LogP contribution < -0.4 is 0 Å². The Kier molecular flexibility index (Phi) is 4.52. The Morgan fingerprint density at radius 1 is 1.17 bits per heavy atom. The van der Waals surface area contributed by atoms with Crippen molar-refractivity contribution in [2.75, 3.05) is 5.75 Å². The molecule has 0 N–H and O–H groups in total. The summed E-state index contributed by atoms with van der Waals surface area (Å²) in [6.45, 7) is 1.99. The van der Waals surface area contributed by atoms with Gasteiger partial charge in [-0.1, -0.05) is 42.1 Å². The summed E-state index contributed by atoms with van der Waals surface area (Å²) in [5.41, 5.74) is 2.13. The fraction of sp³-hybridized carbons (Fsp3) is 0.118. The van der Waals surface area contributed by atoms with Gasteiger partial charge in [0.05, 0.1) is 17.0 Å². The van der Waals surface area contributed by atoms with Gasteiger partial charge < -0.3 is 0 Å². The molecule has 0 amide bonds. The highest BCUT2D eigenvalue weighted by atomic mass is 32.2. The number of carbonyl (C=O) groups is 1. The van der Waals surface area contributed by atoms with E-state index in [1.54, 1.807) is 18.5 Å². The summed E-state index contributed by atoms with van der Waals surface area (Å²) in [7, 11) is 0. The van der Waals surface area contributed by atoms with Crippen molar-refractivity contribution in [1.82, 2.24) is 14.8 Å². The molecule has 0 saturated carbocycles. The number of rotatable bonds is 5. The Labute approximate surface area is 137 Å². The number of aromatic nitrogens is 3. The molecule has 0 aliphatic rings. The molecule has 0 aliphatic heterocycles. The third-order valence-electron chi connectivity index (χ3n) is 3.40. The maximum Gasteiger partial charge on any atom is 0.196 e. The van der Waals surface area contributed by atoms with Gasteiger partial charge in [-0.05, 0) is 30.7 Å². The van der Waals surface area contributed by atoms with Gasteiger partial charge in [-0.15, -0.1) is 10.2 Å². The van der Waals surface area contributed by atoms with E-state index >= 15 is 0 Å². The molecule has 0 unspecified atom stereocenters. The third kappa shape index (κ3) is 3.32. The maximum absolute atomic E-state index is 13.6. The van der Waals surface area contributed by atoms with Gasteiger partial charge in [-0.25, -0.2) is 4.39 Å².